The smallest absolute Gasteiger partial charge is 0.0594 e. The highest BCUT2D eigenvalue weighted by Crippen LogP contribution is 2.22. The van der Waals surface area contributed by atoms with E-state index in [4.69, 9.17) is 4.74 Å². The molecule has 0 heterocycles. The number of nitrogens with one attached hydrogen (secondary N) is 1. The van der Waals surface area contributed by atoms with Crippen molar-refractivity contribution in [3.05, 3.63) is 0 Å². The average molecular weight is 253 g/mol. The normalized spacial score (nSPS) is 24.0. The highest BCUT2D eigenvalue weighted by atomic mass is 16.5. The second-order valence-electron chi connectivity index (χ2n) is 6.19. The minimum Gasteiger partial charge on any atom is -0.377 e. The zero-order chi connectivity index (χ0) is 12.5. The Kier molecular flexibility index (Phi) is 7.11. The summed E-state index contributed by atoms with van der Waals surface area (Å²) in [4.78, 5) is 0. The molecular formula is C16H31NO. The first-order chi connectivity index (χ1) is 8.95. The van der Waals surface area contributed by atoms with Gasteiger partial charge in [0, 0.05) is 6.54 Å². The van der Waals surface area contributed by atoms with Gasteiger partial charge in [-0.3, -0.25) is 0 Å². The summed E-state index contributed by atoms with van der Waals surface area (Å²) in [5.41, 5.74) is 0. The predicted molar refractivity (Wildman–Crippen MR) is 76.9 cm³/mol. The van der Waals surface area contributed by atoms with Crippen LogP contribution in [0.5, 0.6) is 0 Å². The van der Waals surface area contributed by atoms with Crippen LogP contribution in [0.3, 0.4) is 0 Å². The average Bonchev–Trinajstić information content (AvgIpc) is 2.68. The summed E-state index contributed by atoms with van der Waals surface area (Å²) >= 11 is 0. The van der Waals surface area contributed by atoms with Gasteiger partial charge in [0.2, 0.25) is 0 Å². The molecule has 0 unspecified atom stereocenters. The summed E-state index contributed by atoms with van der Waals surface area (Å²) in [7, 11) is 0. The number of hydrogen-bond acceptors (Lipinski definition) is 2. The van der Waals surface area contributed by atoms with Crippen molar-refractivity contribution in [2.24, 2.45) is 5.92 Å². The van der Waals surface area contributed by atoms with Crippen LogP contribution in [-0.2, 0) is 4.74 Å². The van der Waals surface area contributed by atoms with Gasteiger partial charge in [0.05, 0.1) is 12.7 Å². The first kappa shape index (κ1) is 14.3. The zero-order valence-corrected chi connectivity index (χ0v) is 12.0. The number of hydrogen-bond donors (Lipinski definition) is 1. The molecule has 2 heteroatoms. The zero-order valence-electron chi connectivity index (χ0n) is 12.0. The molecule has 0 aromatic heterocycles. The molecule has 2 nitrogen and oxygen atoms in total. The molecule has 1 N–H and O–H groups in total. The van der Waals surface area contributed by atoms with E-state index in [-0.39, 0.29) is 0 Å². The van der Waals surface area contributed by atoms with E-state index in [0.29, 0.717) is 6.10 Å². The minimum absolute atomic E-state index is 0.568. The van der Waals surface area contributed by atoms with Crippen molar-refractivity contribution in [3.8, 4) is 0 Å². The van der Waals surface area contributed by atoms with Crippen LogP contribution < -0.4 is 5.32 Å². The standard InChI is InChI=1S/C16H31NO/c1-2-5-9-15(8-4-1)14-17-12-13-18-16-10-6-3-7-11-16/h15-17H,1-14H2. The number of rotatable bonds is 6. The molecule has 18 heavy (non-hydrogen) atoms. The maximum Gasteiger partial charge on any atom is 0.0594 e. The Balaban J connectivity index is 1.45. The van der Waals surface area contributed by atoms with Crippen LogP contribution in [0.15, 0.2) is 0 Å². The summed E-state index contributed by atoms with van der Waals surface area (Å²) in [6, 6.07) is 0. The second-order valence-corrected chi connectivity index (χ2v) is 6.19. The van der Waals surface area contributed by atoms with Gasteiger partial charge in [-0.05, 0) is 38.1 Å². The summed E-state index contributed by atoms with van der Waals surface area (Å²) in [6.07, 6.45) is 16.0. The van der Waals surface area contributed by atoms with Crippen LogP contribution in [-0.4, -0.2) is 25.8 Å². The Bertz CT molecular complexity index is 193. The van der Waals surface area contributed by atoms with E-state index in [1.807, 2.05) is 0 Å². The molecule has 0 saturated heterocycles. The summed E-state index contributed by atoms with van der Waals surface area (Å²) in [5, 5.41) is 3.60. The first-order valence-electron chi connectivity index (χ1n) is 8.27. The molecule has 0 aromatic rings. The lowest BCUT2D eigenvalue weighted by atomic mass is 9.98. The maximum atomic E-state index is 5.93. The molecule has 0 atom stereocenters. The molecule has 0 aromatic carbocycles. The van der Waals surface area contributed by atoms with E-state index in [2.05, 4.69) is 5.32 Å². The van der Waals surface area contributed by atoms with Gasteiger partial charge in [-0.2, -0.15) is 0 Å². The van der Waals surface area contributed by atoms with Gasteiger partial charge in [0.25, 0.3) is 0 Å². The fourth-order valence-corrected chi connectivity index (χ4v) is 3.40. The van der Waals surface area contributed by atoms with Gasteiger partial charge in [0.15, 0.2) is 0 Å². The van der Waals surface area contributed by atoms with Gasteiger partial charge in [-0.25, -0.2) is 0 Å². The minimum atomic E-state index is 0.568. The lowest BCUT2D eigenvalue weighted by molar-refractivity contribution is 0.0300. The van der Waals surface area contributed by atoms with Crippen molar-refractivity contribution < 1.29 is 4.74 Å². The Morgan fingerprint density at radius 1 is 0.778 bits per heavy atom. The van der Waals surface area contributed by atoms with E-state index < -0.39 is 0 Å². The van der Waals surface area contributed by atoms with Crippen LogP contribution in [0.4, 0.5) is 0 Å². The molecule has 0 aliphatic heterocycles. The van der Waals surface area contributed by atoms with Crippen LogP contribution in [0, 0.1) is 5.92 Å². The highest BCUT2D eigenvalue weighted by Gasteiger charge is 2.14. The molecular weight excluding hydrogens is 222 g/mol. The monoisotopic (exact) mass is 253 g/mol. The van der Waals surface area contributed by atoms with E-state index >= 15 is 0 Å². The topological polar surface area (TPSA) is 21.3 Å². The highest BCUT2D eigenvalue weighted by molar-refractivity contribution is 4.68. The largest absolute Gasteiger partial charge is 0.377 e. The van der Waals surface area contributed by atoms with Crippen LogP contribution in [0.1, 0.15) is 70.6 Å². The fourth-order valence-electron chi connectivity index (χ4n) is 3.40. The van der Waals surface area contributed by atoms with Crippen molar-refractivity contribution in [1.82, 2.24) is 5.32 Å². The lowest BCUT2D eigenvalue weighted by Crippen LogP contribution is -2.28. The van der Waals surface area contributed by atoms with Gasteiger partial charge >= 0.3 is 0 Å². The van der Waals surface area contributed by atoms with E-state index in [1.165, 1.54) is 77.2 Å². The van der Waals surface area contributed by atoms with Crippen LogP contribution >= 0.6 is 0 Å². The molecule has 106 valence electrons. The molecule has 2 aliphatic carbocycles. The van der Waals surface area contributed by atoms with Gasteiger partial charge in [-0.15, -0.1) is 0 Å². The Morgan fingerprint density at radius 2 is 1.39 bits per heavy atom. The molecule has 2 fully saturated rings. The van der Waals surface area contributed by atoms with E-state index in [9.17, 15) is 0 Å². The number of ether oxygens (including phenoxy) is 1. The van der Waals surface area contributed by atoms with Crippen LogP contribution in [0.2, 0.25) is 0 Å². The van der Waals surface area contributed by atoms with Crippen molar-refractivity contribution in [2.45, 2.75) is 76.7 Å². The molecule has 2 saturated carbocycles. The van der Waals surface area contributed by atoms with Crippen molar-refractivity contribution in [3.63, 3.8) is 0 Å². The van der Waals surface area contributed by atoms with Crippen molar-refractivity contribution in [2.75, 3.05) is 19.7 Å². The van der Waals surface area contributed by atoms with Crippen LogP contribution in [0.25, 0.3) is 0 Å². The van der Waals surface area contributed by atoms with Gasteiger partial charge < -0.3 is 10.1 Å². The fraction of sp³-hybridized carbons (Fsp3) is 1.00. The Morgan fingerprint density at radius 3 is 2.11 bits per heavy atom. The molecule has 0 spiro atoms. The molecule has 2 rings (SSSR count). The molecule has 0 amide bonds. The van der Waals surface area contributed by atoms with Gasteiger partial charge in [-0.1, -0.05) is 44.9 Å². The maximum absolute atomic E-state index is 5.93. The first-order valence-corrected chi connectivity index (χ1v) is 8.27. The Hall–Kier alpha value is -0.0800. The van der Waals surface area contributed by atoms with Crippen molar-refractivity contribution in [1.29, 1.82) is 0 Å². The summed E-state index contributed by atoms with van der Waals surface area (Å²) in [6.45, 7) is 3.18. The van der Waals surface area contributed by atoms with E-state index in [0.717, 1.165) is 19.1 Å². The molecule has 2 aliphatic rings. The second kappa shape index (κ2) is 8.92. The third-order valence-corrected chi connectivity index (χ3v) is 4.59. The van der Waals surface area contributed by atoms with E-state index in [1.54, 1.807) is 0 Å². The molecule has 0 bridgehead atoms. The predicted octanol–water partition coefficient (Wildman–Crippen LogP) is 3.90. The van der Waals surface area contributed by atoms with Gasteiger partial charge in [0.1, 0.15) is 0 Å². The lowest BCUT2D eigenvalue weighted by Gasteiger charge is -2.22. The summed E-state index contributed by atoms with van der Waals surface area (Å²) in [5.74, 6) is 0.933. The third-order valence-electron chi connectivity index (χ3n) is 4.59. The third kappa shape index (κ3) is 5.71. The SMILES string of the molecule is C1CCCC(CNCCOC2CCCCC2)CC1. The quantitative estimate of drug-likeness (QED) is 0.572. The van der Waals surface area contributed by atoms with Crippen molar-refractivity contribution >= 4 is 0 Å². The Labute approximate surface area is 113 Å². The summed E-state index contributed by atoms with van der Waals surface area (Å²) < 4.78 is 5.93. The molecule has 0 radical (unpaired) electrons.